The van der Waals surface area contributed by atoms with E-state index in [1.807, 2.05) is 61.7 Å². The molecule has 0 bridgehead atoms. The first kappa shape index (κ1) is 17.6. The van der Waals surface area contributed by atoms with E-state index in [-0.39, 0.29) is 6.03 Å². The van der Waals surface area contributed by atoms with Crippen LogP contribution in [0.3, 0.4) is 0 Å². The third kappa shape index (κ3) is 3.84. The summed E-state index contributed by atoms with van der Waals surface area (Å²) in [6, 6.07) is 15.5. The van der Waals surface area contributed by atoms with E-state index in [4.69, 9.17) is 0 Å². The molecule has 0 atom stereocenters. The summed E-state index contributed by atoms with van der Waals surface area (Å²) < 4.78 is 1.15. The van der Waals surface area contributed by atoms with Gasteiger partial charge in [0, 0.05) is 22.8 Å². The molecule has 0 saturated carbocycles. The van der Waals surface area contributed by atoms with Gasteiger partial charge in [0.2, 0.25) is 0 Å². The average Bonchev–Trinajstić information content (AvgIpc) is 3.31. The highest BCUT2D eigenvalue weighted by Gasteiger charge is 2.25. The zero-order valence-corrected chi connectivity index (χ0v) is 16.5. The maximum absolute atomic E-state index is 12.5. The number of fused-ring (bicyclic) bond motifs is 1. The molecule has 2 N–H and O–H groups in total. The lowest BCUT2D eigenvalue weighted by Crippen LogP contribution is -2.43. The number of thiazole rings is 2. The molecule has 2 aromatic heterocycles. The maximum Gasteiger partial charge on any atom is 0.319 e. The summed E-state index contributed by atoms with van der Waals surface area (Å²) in [4.78, 5) is 21.4. The molecule has 2 amide bonds. The fraction of sp³-hybridized carbons (Fsp3) is 0.150. The monoisotopic (exact) mass is 394 g/mol. The number of urea groups is 1. The minimum absolute atomic E-state index is 0.267. The topological polar surface area (TPSA) is 66.9 Å². The zero-order chi connectivity index (χ0) is 18.9. The number of carbonyl (C=O) groups is 1. The van der Waals surface area contributed by atoms with Crippen LogP contribution in [-0.4, -0.2) is 16.0 Å². The highest BCUT2D eigenvalue weighted by Crippen LogP contribution is 2.31. The van der Waals surface area contributed by atoms with Crippen molar-refractivity contribution in [3.63, 3.8) is 0 Å². The number of nitrogens with zero attached hydrogens (tertiary/aromatic N) is 2. The highest BCUT2D eigenvalue weighted by atomic mass is 32.1. The SMILES string of the molecule is CC(C)(NC(=O)Nc1cccc(-c2nc3ccccc3s2)c1)c1nccs1. The molecule has 0 aliphatic carbocycles. The van der Waals surface area contributed by atoms with Gasteiger partial charge in [-0.25, -0.2) is 14.8 Å². The Labute approximate surface area is 165 Å². The zero-order valence-electron chi connectivity index (χ0n) is 14.9. The van der Waals surface area contributed by atoms with Crippen molar-refractivity contribution in [3.05, 3.63) is 65.1 Å². The molecule has 7 heteroatoms. The Morgan fingerprint density at radius 1 is 1.11 bits per heavy atom. The summed E-state index contributed by atoms with van der Waals surface area (Å²) in [7, 11) is 0. The van der Waals surface area contributed by atoms with Crippen molar-refractivity contribution in [1.82, 2.24) is 15.3 Å². The smallest absolute Gasteiger partial charge is 0.319 e. The molecular weight excluding hydrogens is 376 g/mol. The largest absolute Gasteiger partial charge is 0.326 e. The van der Waals surface area contributed by atoms with Crippen LogP contribution in [0.15, 0.2) is 60.1 Å². The third-order valence-electron chi connectivity index (χ3n) is 4.05. The number of carbonyl (C=O) groups excluding carboxylic acids is 1. The fourth-order valence-electron chi connectivity index (χ4n) is 2.76. The predicted octanol–water partition coefficient (Wildman–Crippen LogP) is 5.48. The number of amides is 2. The molecule has 0 radical (unpaired) electrons. The summed E-state index contributed by atoms with van der Waals surface area (Å²) >= 11 is 3.16. The molecule has 2 heterocycles. The van der Waals surface area contributed by atoms with E-state index >= 15 is 0 Å². The van der Waals surface area contributed by atoms with Crippen LogP contribution in [0.5, 0.6) is 0 Å². The molecule has 0 aliphatic rings. The van der Waals surface area contributed by atoms with E-state index in [0.29, 0.717) is 0 Å². The van der Waals surface area contributed by atoms with E-state index in [2.05, 4.69) is 26.7 Å². The van der Waals surface area contributed by atoms with Gasteiger partial charge in [-0.15, -0.1) is 22.7 Å². The van der Waals surface area contributed by atoms with Gasteiger partial charge in [0.1, 0.15) is 10.0 Å². The number of hydrogen-bond acceptors (Lipinski definition) is 5. The normalized spacial score (nSPS) is 11.5. The molecule has 0 unspecified atom stereocenters. The summed E-state index contributed by atoms with van der Waals surface area (Å²) in [5.74, 6) is 0. The molecule has 0 saturated heterocycles. The summed E-state index contributed by atoms with van der Waals surface area (Å²) in [6.45, 7) is 3.87. The van der Waals surface area contributed by atoms with Gasteiger partial charge in [0.25, 0.3) is 0 Å². The summed E-state index contributed by atoms with van der Waals surface area (Å²) in [6.07, 6.45) is 1.74. The molecule has 4 aromatic rings. The van der Waals surface area contributed by atoms with E-state index < -0.39 is 5.54 Å². The van der Waals surface area contributed by atoms with Gasteiger partial charge in [0.05, 0.1) is 15.8 Å². The quantitative estimate of drug-likeness (QED) is 0.482. The Hall–Kier alpha value is -2.77. The first-order valence-corrected chi connectivity index (χ1v) is 10.2. The van der Waals surface area contributed by atoms with Gasteiger partial charge in [-0.2, -0.15) is 0 Å². The van der Waals surface area contributed by atoms with Crippen LogP contribution in [0.2, 0.25) is 0 Å². The second kappa shape index (κ2) is 7.09. The number of hydrogen-bond donors (Lipinski definition) is 2. The minimum Gasteiger partial charge on any atom is -0.326 e. The number of rotatable bonds is 4. The Morgan fingerprint density at radius 2 is 1.96 bits per heavy atom. The molecule has 27 heavy (non-hydrogen) atoms. The summed E-state index contributed by atoms with van der Waals surface area (Å²) in [5, 5.41) is 9.58. The number of para-hydroxylation sites is 1. The van der Waals surface area contributed by atoms with Crippen molar-refractivity contribution in [1.29, 1.82) is 0 Å². The van der Waals surface area contributed by atoms with Gasteiger partial charge in [0.15, 0.2) is 0 Å². The van der Waals surface area contributed by atoms with Crippen LogP contribution in [-0.2, 0) is 5.54 Å². The van der Waals surface area contributed by atoms with Crippen molar-refractivity contribution in [2.75, 3.05) is 5.32 Å². The lowest BCUT2D eigenvalue weighted by molar-refractivity contribution is 0.242. The minimum atomic E-state index is -0.539. The standard InChI is InChI=1S/C20H18N4OS2/c1-20(2,18-21-10-11-26-18)24-19(25)22-14-7-5-6-13(12-14)17-23-15-8-3-4-9-16(15)27-17/h3-12H,1-2H3,(H2,22,24,25). The van der Waals surface area contributed by atoms with Crippen LogP contribution in [0.4, 0.5) is 10.5 Å². The Bertz CT molecular complexity index is 1050. The first-order valence-electron chi connectivity index (χ1n) is 8.46. The van der Waals surface area contributed by atoms with E-state index in [1.165, 1.54) is 11.3 Å². The number of aromatic nitrogens is 2. The van der Waals surface area contributed by atoms with Crippen LogP contribution in [0.1, 0.15) is 18.9 Å². The lowest BCUT2D eigenvalue weighted by atomic mass is 10.1. The van der Waals surface area contributed by atoms with Gasteiger partial charge in [-0.1, -0.05) is 24.3 Å². The van der Waals surface area contributed by atoms with Crippen LogP contribution in [0.25, 0.3) is 20.8 Å². The van der Waals surface area contributed by atoms with Crippen molar-refractivity contribution < 1.29 is 4.79 Å². The van der Waals surface area contributed by atoms with E-state index in [0.717, 1.165) is 31.5 Å². The van der Waals surface area contributed by atoms with Crippen molar-refractivity contribution in [2.24, 2.45) is 0 Å². The van der Waals surface area contributed by atoms with Crippen molar-refractivity contribution in [2.45, 2.75) is 19.4 Å². The van der Waals surface area contributed by atoms with E-state index in [1.54, 1.807) is 17.5 Å². The van der Waals surface area contributed by atoms with Gasteiger partial charge >= 0.3 is 6.03 Å². The molecule has 0 fully saturated rings. The van der Waals surface area contributed by atoms with Gasteiger partial charge in [-0.05, 0) is 38.1 Å². The lowest BCUT2D eigenvalue weighted by Gasteiger charge is -2.24. The molecule has 4 rings (SSSR count). The average molecular weight is 395 g/mol. The predicted molar refractivity (Wildman–Crippen MR) is 112 cm³/mol. The number of nitrogens with one attached hydrogen (secondary N) is 2. The van der Waals surface area contributed by atoms with Crippen molar-refractivity contribution in [3.8, 4) is 10.6 Å². The first-order chi connectivity index (χ1) is 13.0. The second-order valence-electron chi connectivity index (χ2n) is 6.61. The van der Waals surface area contributed by atoms with Crippen LogP contribution < -0.4 is 10.6 Å². The second-order valence-corrected chi connectivity index (χ2v) is 8.53. The number of anilines is 1. The van der Waals surface area contributed by atoms with Crippen LogP contribution >= 0.6 is 22.7 Å². The van der Waals surface area contributed by atoms with Crippen LogP contribution in [0, 0.1) is 0 Å². The Morgan fingerprint density at radius 3 is 2.74 bits per heavy atom. The molecule has 5 nitrogen and oxygen atoms in total. The fourth-order valence-corrected chi connectivity index (χ4v) is 4.44. The molecule has 2 aromatic carbocycles. The third-order valence-corrected chi connectivity index (χ3v) is 6.24. The van der Waals surface area contributed by atoms with E-state index in [9.17, 15) is 4.79 Å². The van der Waals surface area contributed by atoms with Gasteiger partial charge < -0.3 is 10.6 Å². The Kier molecular flexibility index (Phi) is 4.63. The molecule has 0 aliphatic heterocycles. The summed E-state index contributed by atoms with van der Waals surface area (Å²) in [5.41, 5.74) is 2.15. The molecule has 136 valence electrons. The van der Waals surface area contributed by atoms with Gasteiger partial charge in [-0.3, -0.25) is 0 Å². The molecular formula is C20H18N4OS2. The molecule has 0 spiro atoms. The Balaban J connectivity index is 1.51. The number of benzene rings is 2. The maximum atomic E-state index is 12.5. The highest BCUT2D eigenvalue weighted by molar-refractivity contribution is 7.21. The van der Waals surface area contributed by atoms with Crippen molar-refractivity contribution >= 4 is 44.6 Å².